The molecule has 0 aliphatic heterocycles. The molecule has 0 atom stereocenters. The molecule has 1 N–H and O–H groups in total. The Morgan fingerprint density at radius 3 is 2.24 bits per heavy atom. The minimum absolute atomic E-state index is 0.536. The van der Waals surface area contributed by atoms with E-state index in [4.69, 9.17) is 9.47 Å². The monoisotopic (exact) mass is 285 g/mol. The van der Waals surface area contributed by atoms with E-state index in [2.05, 4.69) is 37.4 Å². The molecular weight excluding hydrogens is 262 g/mol. The Bertz CT molecular complexity index is 561. The number of hydrogen-bond donors (Lipinski definition) is 1. The van der Waals surface area contributed by atoms with E-state index in [0.29, 0.717) is 13.2 Å². The van der Waals surface area contributed by atoms with E-state index in [0.717, 1.165) is 34.7 Å². The number of nitrogens with one attached hydrogen (secondary N) is 1. The summed E-state index contributed by atoms with van der Waals surface area (Å²) in [6.45, 7) is 6.00. The number of rotatable bonds is 7. The number of hydrogen-bond acceptors (Lipinski definition) is 3. The molecule has 0 unspecified atom stereocenters. The van der Waals surface area contributed by atoms with Gasteiger partial charge >= 0.3 is 0 Å². The fourth-order valence-corrected chi connectivity index (χ4v) is 2.30. The van der Waals surface area contributed by atoms with Crippen LogP contribution in [0, 0.1) is 13.8 Å². The van der Waals surface area contributed by atoms with Gasteiger partial charge in [0.05, 0.1) is 0 Å². The first-order chi connectivity index (χ1) is 10.2. The van der Waals surface area contributed by atoms with Gasteiger partial charge in [-0.1, -0.05) is 36.4 Å². The normalized spacial score (nSPS) is 10.4. The molecule has 0 amide bonds. The molecule has 0 aliphatic rings. The molecule has 3 heteroatoms. The standard InChI is InChI=1S/C18H23NO2/c1-14-7-6-8-15(2)18(14)21-12-11-20-17-10-5-4-9-16(17)13-19-3/h4-10,19H,11-13H2,1-3H3. The van der Waals surface area contributed by atoms with Crippen molar-refractivity contribution in [1.29, 1.82) is 0 Å². The Hall–Kier alpha value is -2.00. The lowest BCUT2D eigenvalue weighted by molar-refractivity contribution is 0.214. The molecule has 0 bridgehead atoms. The molecule has 0 spiro atoms. The van der Waals surface area contributed by atoms with E-state index in [-0.39, 0.29) is 0 Å². The minimum atomic E-state index is 0.536. The number of para-hydroxylation sites is 2. The van der Waals surface area contributed by atoms with E-state index < -0.39 is 0 Å². The van der Waals surface area contributed by atoms with Crippen LogP contribution < -0.4 is 14.8 Å². The molecule has 0 radical (unpaired) electrons. The van der Waals surface area contributed by atoms with Gasteiger partial charge in [-0.2, -0.15) is 0 Å². The quantitative estimate of drug-likeness (QED) is 0.790. The summed E-state index contributed by atoms with van der Waals surface area (Å²) in [5.41, 5.74) is 3.48. The van der Waals surface area contributed by atoms with Gasteiger partial charge in [0, 0.05) is 12.1 Å². The smallest absolute Gasteiger partial charge is 0.125 e. The summed E-state index contributed by atoms with van der Waals surface area (Å²) in [7, 11) is 1.93. The van der Waals surface area contributed by atoms with Crippen molar-refractivity contribution < 1.29 is 9.47 Å². The van der Waals surface area contributed by atoms with Gasteiger partial charge in [0.1, 0.15) is 24.7 Å². The van der Waals surface area contributed by atoms with E-state index in [1.807, 2.05) is 31.3 Å². The van der Waals surface area contributed by atoms with Gasteiger partial charge in [0.15, 0.2) is 0 Å². The van der Waals surface area contributed by atoms with Gasteiger partial charge < -0.3 is 14.8 Å². The van der Waals surface area contributed by atoms with Gasteiger partial charge in [-0.05, 0) is 38.1 Å². The second-order valence-corrected chi connectivity index (χ2v) is 5.06. The molecule has 2 aromatic rings. The van der Waals surface area contributed by atoms with Gasteiger partial charge in [-0.15, -0.1) is 0 Å². The van der Waals surface area contributed by atoms with Crippen LogP contribution >= 0.6 is 0 Å². The van der Waals surface area contributed by atoms with Crippen molar-refractivity contribution in [3.05, 3.63) is 59.2 Å². The minimum Gasteiger partial charge on any atom is -0.490 e. The van der Waals surface area contributed by atoms with Crippen LogP contribution in [0.2, 0.25) is 0 Å². The van der Waals surface area contributed by atoms with Gasteiger partial charge in [0.25, 0.3) is 0 Å². The summed E-state index contributed by atoms with van der Waals surface area (Å²) < 4.78 is 11.7. The average Bonchev–Trinajstić information content (AvgIpc) is 2.48. The maximum absolute atomic E-state index is 5.85. The van der Waals surface area contributed by atoms with Crippen LogP contribution in [0.5, 0.6) is 11.5 Å². The number of benzene rings is 2. The van der Waals surface area contributed by atoms with Crippen LogP contribution in [0.15, 0.2) is 42.5 Å². The molecule has 0 heterocycles. The first-order valence-corrected chi connectivity index (χ1v) is 7.26. The zero-order valence-corrected chi connectivity index (χ0v) is 13.0. The molecule has 0 saturated carbocycles. The van der Waals surface area contributed by atoms with Crippen molar-refractivity contribution in [2.24, 2.45) is 0 Å². The highest BCUT2D eigenvalue weighted by Crippen LogP contribution is 2.22. The van der Waals surface area contributed by atoms with Crippen LogP contribution in [0.3, 0.4) is 0 Å². The van der Waals surface area contributed by atoms with Gasteiger partial charge in [0.2, 0.25) is 0 Å². The molecule has 2 aromatic carbocycles. The summed E-state index contributed by atoms with van der Waals surface area (Å²) in [6.07, 6.45) is 0. The zero-order chi connectivity index (χ0) is 15.1. The molecule has 0 aliphatic carbocycles. The average molecular weight is 285 g/mol. The molecule has 3 nitrogen and oxygen atoms in total. The fourth-order valence-electron chi connectivity index (χ4n) is 2.30. The lowest BCUT2D eigenvalue weighted by atomic mass is 10.1. The molecule has 0 fully saturated rings. The second kappa shape index (κ2) is 7.70. The third-order valence-electron chi connectivity index (χ3n) is 3.34. The predicted molar refractivity (Wildman–Crippen MR) is 86.1 cm³/mol. The fraction of sp³-hybridized carbons (Fsp3) is 0.333. The molecule has 0 saturated heterocycles. The van der Waals surface area contributed by atoms with E-state index in [9.17, 15) is 0 Å². The lowest BCUT2D eigenvalue weighted by Gasteiger charge is -2.14. The third-order valence-corrected chi connectivity index (χ3v) is 3.34. The van der Waals surface area contributed by atoms with Crippen molar-refractivity contribution in [3.63, 3.8) is 0 Å². The number of aryl methyl sites for hydroxylation is 2. The van der Waals surface area contributed by atoms with Crippen LogP contribution in [0.25, 0.3) is 0 Å². The largest absolute Gasteiger partial charge is 0.490 e. The predicted octanol–water partition coefficient (Wildman–Crippen LogP) is 3.48. The van der Waals surface area contributed by atoms with E-state index in [1.165, 1.54) is 0 Å². The van der Waals surface area contributed by atoms with Crippen molar-refractivity contribution >= 4 is 0 Å². The molecule has 0 aromatic heterocycles. The van der Waals surface area contributed by atoms with Crippen molar-refractivity contribution in [3.8, 4) is 11.5 Å². The topological polar surface area (TPSA) is 30.5 Å². The third kappa shape index (κ3) is 4.23. The Kier molecular flexibility index (Phi) is 5.64. The molecular formula is C18H23NO2. The summed E-state index contributed by atoms with van der Waals surface area (Å²) >= 11 is 0. The summed E-state index contributed by atoms with van der Waals surface area (Å²) in [5.74, 6) is 1.88. The Labute approximate surface area is 126 Å². The Balaban J connectivity index is 1.88. The van der Waals surface area contributed by atoms with Crippen LogP contribution in [-0.2, 0) is 6.54 Å². The highest BCUT2D eigenvalue weighted by Gasteiger charge is 2.04. The van der Waals surface area contributed by atoms with Crippen LogP contribution in [-0.4, -0.2) is 20.3 Å². The van der Waals surface area contributed by atoms with Crippen LogP contribution in [0.4, 0.5) is 0 Å². The van der Waals surface area contributed by atoms with Crippen molar-refractivity contribution in [2.75, 3.05) is 20.3 Å². The van der Waals surface area contributed by atoms with Gasteiger partial charge in [-0.25, -0.2) is 0 Å². The zero-order valence-electron chi connectivity index (χ0n) is 13.0. The summed E-state index contributed by atoms with van der Waals surface area (Å²) in [5, 5.41) is 3.14. The van der Waals surface area contributed by atoms with Gasteiger partial charge in [-0.3, -0.25) is 0 Å². The maximum Gasteiger partial charge on any atom is 0.125 e. The SMILES string of the molecule is CNCc1ccccc1OCCOc1c(C)cccc1C. The summed E-state index contributed by atoms with van der Waals surface area (Å²) in [4.78, 5) is 0. The molecule has 21 heavy (non-hydrogen) atoms. The Morgan fingerprint density at radius 2 is 1.52 bits per heavy atom. The second-order valence-electron chi connectivity index (χ2n) is 5.06. The van der Waals surface area contributed by atoms with E-state index in [1.54, 1.807) is 0 Å². The van der Waals surface area contributed by atoms with Crippen molar-refractivity contribution in [2.45, 2.75) is 20.4 Å². The first-order valence-electron chi connectivity index (χ1n) is 7.26. The van der Waals surface area contributed by atoms with E-state index >= 15 is 0 Å². The number of ether oxygens (including phenoxy) is 2. The van der Waals surface area contributed by atoms with Crippen LogP contribution in [0.1, 0.15) is 16.7 Å². The Morgan fingerprint density at radius 1 is 0.857 bits per heavy atom. The lowest BCUT2D eigenvalue weighted by Crippen LogP contribution is -2.12. The molecule has 2 rings (SSSR count). The first kappa shape index (κ1) is 15.4. The molecule has 112 valence electrons. The van der Waals surface area contributed by atoms with Crippen molar-refractivity contribution in [1.82, 2.24) is 5.32 Å². The summed E-state index contributed by atoms with van der Waals surface area (Å²) in [6, 6.07) is 14.2. The highest BCUT2D eigenvalue weighted by atomic mass is 16.5. The maximum atomic E-state index is 5.85. The highest BCUT2D eigenvalue weighted by molar-refractivity contribution is 5.39.